The molecule has 0 bridgehead atoms. The van der Waals surface area contributed by atoms with Crippen LogP contribution in [-0.4, -0.2) is 21.9 Å². The molecule has 0 aliphatic carbocycles. The summed E-state index contributed by atoms with van der Waals surface area (Å²) in [6, 6.07) is 16.2. The summed E-state index contributed by atoms with van der Waals surface area (Å²) in [6.07, 6.45) is 0. The molecule has 0 saturated heterocycles. The van der Waals surface area contributed by atoms with E-state index in [0.717, 1.165) is 0 Å². The van der Waals surface area contributed by atoms with Crippen molar-refractivity contribution in [1.82, 2.24) is 0 Å². The van der Waals surface area contributed by atoms with Crippen molar-refractivity contribution < 1.29 is 19.6 Å². The van der Waals surface area contributed by atoms with Crippen LogP contribution in [0.4, 0.5) is 5.69 Å². The van der Waals surface area contributed by atoms with Gasteiger partial charge < -0.3 is 10.8 Å². The predicted octanol–water partition coefficient (Wildman–Crippen LogP) is 2.47. The molecule has 7 heteroatoms. The highest BCUT2D eigenvalue weighted by Gasteiger charge is 1.98. The molecule has 0 atom stereocenters. The molecular formula is C15H16N2O5. The maximum Gasteiger partial charge on any atom is 0.335 e. The number of nitro groups is 1. The zero-order valence-electron chi connectivity index (χ0n) is 11.9. The van der Waals surface area contributed by atoms with Gasteiger partial charge in [0.25, 0.3) is 5.69 Å². The first kappa shape index (κ1) is 18.8. The topological polar surface area (TPSA) is 124 Å². The number of benzene rings is 2. The number of carboxylic acid groups (broad SMARTS) is 1. The highest BCUT2D eigenvalue weighted by molar-refractivity contribution is 5.87. The van der Waals surface area contributed by atoms with Gasteiger partial charge in [0.15, 0.2) is 0 Å². The van der Waals surface area contributed by atoms with E-state index in [1.165, 1.54) is 19.1 Å². The first-order valence-electron chi connectivity index (χ1n) is 6.08. The molecule has 2 aromatic carbocycles. The van der Waals surface area contributed by atoms with Crippen molar-refractivity contribution in [3.63, 3.8) is 0 Å². The van der Waals surface area contributed by atoms with Crippen molar-refractivity contribution in [1.29, 1.82) is 0 Å². The Hall–Kier alpha value is -3.22. The largest absolute Gasteiger partial charge is 0.478 e. The summed E-state index contributed by atoms with van der Waals surface area (Å²) in [5.41, 5.74) is 4.94. The van der Waals surface area contributed by atoms with Gasteiger partial charge in [-0.3, -0.25) is 14.9 Å². The molecule has 7 nitrogen and oxygen atoms in total. The number of nitro benzene ring substituents is 1. The van der Waals surface area contributed by atoms with Gasteiger partial charge in [-0.25, -0.2) is 4.79 Å². The average Bonchev–Trinajstić information content (AvgIpc) is 2.49. The fourth-order valence-corrected chi connectivity index (χ4v) is 1.13. The van der Waals surface area contributed by atoms with E-state index >= 15 is 0 Å². The molecule has 2 rings (SSSR count). The lowest BCUT2D eigenvalue weighted by atomic mass is 10.2. The van der Waals surface area contributed by atoms with Gasteiger partial charge in [-0.15, -0.1) is 0 Å². The Morgan fingerprint density at radius 1 is 1.00 bits per heavy atom. The minimum Gasteiger partial charge on any atom is -0.478 e. The molecule has 0 radical (unpaired) electrons. The van der Waals surface area contributed by atoms with Gasteiger partial charge in [-0.05, 0) is 12.1 Å². The summed E-state index contributed by atoms with van der Waals surface area (Å²) in [5.74, 6) is -1.21. The summed E-state index contributed by atoms with van der Waals surface area (Å²) in [4.78, 5) is 29.0. The summed E-state index contributed by atoms with van der Waals surface area (Å²) >= 11 is 0. The van der Waals surface area contributed by atoms with Crippen molar-refractivity contribution in [2.75, 3.05) is 0 Å². The Morgan fingerprint density at radius 2 is 1.36 bits per heavy atom. The van der Waals surface area contributed by atoms with Gasteiger partial charge in [0, 0.05) is 19.1 Å². The molecule has 3 N–H and O–H groups in total. The SMILES string of the molecule is CC(N)=O.O=C(O)c1ccccc1.O=[N+]([O-])c1ccccc1. The molecule has 22 heavy (non-hydrogen) atoms. The van der Waals surface area contributed by atoms with Gasteiger partial charge in [-0.2, -0.15) is 0 Å². The number of primary amides is 1. The summed E-state index contributed by atoms with van der Waals surface area (Å²) in [7, 11) is 0. The van der Waals surface area contributed by atoms with Crippen LogP contribution in [0.5, 0.6) is 0 Å². The normalized spacial score (nSPS) is 8.41. The van der Waals surface area contributed by atoms with Crippen LogP contribution in [0, 0.1) is 10.1 Å². The number of aromatic carboxylic acids is 1. The zero-order valence-corrected chi connectivity index (χ0v) is 11.9. The molecular weight excluding hydrogens is 288 g/mol. The van der Waals surface area contributed by atoms with Crippen LogP contribution in [0.25, 0.3) is 0 Å². The predicted molar refractivity (Wildman–Crippen MR) is 81.4 cm³/mol. The van der Waals surface area contributed by atoms with E-state index in [2.05, 4.69) is 5.73 Å². The minimum atomic E-state index is -0.879. The van der Waals surface area contributed by atoms with Crippen molar-refractivity contribution in [3.8, 4) is 0 Å². The monoisotopic (exact) mass is 304 g/mol. The van der Waals surface area contributed by atoms with Crippen molar-refractivity contribution in [2.24, 2.45) is 5.73 Å². The van der Waals surface area contributed by atoms with Crippen LogP contribution in [0.3, 0.4) is 0 Å². The van der Waals surface area contributed by atoms with Crippen LogP contribution in [0.1, 0.15) is 17.3 Å². The third-order valence-electron chi connectivity index (χ3n) is 1.99. The third-order valence-corrected chi connectivity index (χ3v) is 1.99. The third kappa shape index (κ3) is 9.68. The van der Waals surface area contributed by atoms with Gasteiger partial charge in [0.2, 0.25) is 5.91 Å². The maximum absolute atomic E-state index is 10.2. The Balaban J connectivity index is 0.000000326. The molecule has 0 aromatic heterocycles. The molecule has 2 aromatic rings. The van der Waals surface area contributed by atoms with Gasteiger partial charge >= 0.3 is 5.97 Å². The molecule has 0 fully saturated rings. The van der Waals surface area contributed by atoms with E-state index in [1.54, 1.807) is 48.5 Å². The lowest BCUT2D eigenvalue weighted by Gasteiger charge is -1.88. The minimum absolute atomic E-state index is 0.137. The van der Waals surface area contributed by atoms with Gasteiger partial charge in [-0.1, -0.05) is 36.4 Å². The van der Waals surface area contributed by atoms with Crippen LogP contribution >= 0.6 is 0 Å². The summed E-state index contributed by atoms with van der Waals surface area (Å²) in [6.45, 7) is 1.31. The number of nitrogens with zero attached hydrogens (tertiary/aromatic N) is 1. The smallest absolute Gasteiger partial charge is 0.335 e. The molecule has 0 saturated carbocycles. The van der Waals surface area contributed by atoms with Crippen LogP contribution in [0.15, 0.2) is 60.7 Å². The standard InChI is InChI=1S/C7H6O2.C6H5NO2.C2H5NO/c2*8-7(9)6-4-2-1-3-5-6;1-2(3)4/h1-5H,(H,8,9);1-5H;1H3,(H2,3,4). The fraction of sp³-hybridized carbons (Fsp3) is 0.0667. The van der Waals surface area contributed by atoms with E-state index in [4.69, 9.17) is 5.11 Å². The zero-order chi connectivity index (χ0) is 17.0. The molecule has 0 aliphatic rings. The molecule has 1 amide bonds. The van der Waals surface area contributed by atoms with E-state index in [-0.39, 0.29) is 11.6 Å². The molecule has 0 aliphatic heterocycles. The highest BCUT2D eigenvalue weighted by Crippen LogP contribution is 2.06. The Labute approximate surface area is 127 Å². The average molecular weight is 304 g/mol. The number of carbonyl (C=O) groups excluding carboxylic acids is 1. The Bertz CT molecular complexity index is 546. The summed E-state index contributed by atoms with van der Waals surface area (Å²) in [5, 5.41) is 18.4. The Kier molecular flexibility index (Phi) is 9.01. The maximum atomic E-state index is 10.2. The van der Waals surface area contributed by atoms with E-state index in [0.29, 0.717) is 5.56 Å². The molecule has 0 unspecified atom stereocenters. The second-order valence-electron chi connectivity index (χ2n) is 3.87. The number of carbonyl (C=O) groups is 2. The fourth-order valence-electron chi connectivity index (χ4n) is 1.13. The number of non-ortho nitro benzene ring substituents is 1. The van der Waals surface area contributed by atoms with Crippen molar-refractivity contribution in [2.45, 2.75) is 6.92 Å². The number of carboxylic acids is 1. The second kappa shape index (κ2) is 10.6. The van der Waals surface area contributed by atoms with E-state index in [9.17, 15) is 19.7 Å². The van der Waals surface area contributed by atoms with Crippen LogP contribution in [0.2, 0.25) is 0 Å². The van der Waals surface area contributed by atoms with Crippen LogP contribution in [-0.2, 0) is 4.79 Å². The highest BCUT2D eigenvalue weighted by atomic mass is 16.6. The number of nitrogens with two attached hydrogens (primary N) is 1. The van der Waals surface area contributed by atoms with Crippen molar-refractivity contribution in [3.05, 3.63) is 76.3 Å². The number of hydrogen-bond donors (Lipinski definition) is 2. The second-order valence-corrected chi connectivity index (χ2v) is 3.87. The Morgan fingerprint density at radius 3 is 1.59 bits per heavy atom. The number of para-hydroxylation sites is 1. The van der Waals surface area contributed by atoms with Crippen LogP contribution < -0.4 is 5.73 Å². The quantitative estimate of drug-likeness (QED) is 0.651. The van der Waals surface area contributed by atoms with E-state index in [1.807, 2.05) is 0 Å². The van der Waals surface area contributed by atoms with Crippen molar-refractivity contribution >= 4 is 17.6 Å². The molecule has 0 spiro atoms. The first-order valence-corrected chi connectivity index (χ1v) is 6.08. The molecule has 116 valence electrons. The summed E-state index contributed by atoms with van der Waals surface area (Å²) < 4.78 is 0. The van der Waals surface area contributed by atoms with Gasteiger partial charge in [0.05, 0.1) is 10.5 Å². The number of amides is 1. The van der Waals surface area contributed by atoms with E-state index < -0.39 is 10.9 Å². The lowest BCUT2D eigenvalue weighted by Crippen LogP contribution is -2.01. The van der Waals surface area contributed by atoms with Gasteiger partial charge in [0.1, 0.15) is 0 Å². The number of hydrogen-bond acceptors (Lipinski definition) is 4. The lowest BCUT2D eigenvalue weighted by molar-refractivity contribution is -0.384. The first-order chi connectivity index (χ1) is 10.3. The molecule has 0 heterocycles. The number of rotatable bonds is 2.